The quantitative estimate of drug-likeness (QED) is 0.779. The van der Waals surface area contributed by atoms with Crippen molar-refractivity contribution in [2.24, 2.45) is 5.41 Å². The lowest BCUT2D eigenvalue weighted by atomic mass is 9.83. The van der Waals surface area contributed by atoms with E-state index in [1.54, 1.807) is 0 Å². The van der Waals surface area contributed by atoms with Gasteiger partial charge in [-0.3, -0.25) is 4.98 Å². The van der Waals surface area contributed by atoms with Crippen LogP contribution in [0.4, 0.5) is 0 Å². The van der Waals surface area contributed by atoms with E-state index in [2.05, 4.69) is 43.2 Å². The molecule has 14 heavy (non-hydrogen) atoms. The summed E-state index contributed by atoms with van der Waals surface area (Å²) in [4.78, 5) is 4.32. The molecule has 1 heterocycles. The summed E-state index contributed by atoms with van der Waals surface area (Å²) >= 11 is 0. The zero-order valence-corrected chi connectivity index (χ0v) is 9.76. The minimum absolute atomic E-state index is 0.214. The molecule has 0 amide bonds. The molecule has 2 nitrogen and oxygen atoms in total. The van der Waals surface area contributed by atoms with Crippen LogP contribution in [0.3, 0.4) is 0 Å². The fraction of sp³-hybridized carbons (Fsp3) is 0.583. The van der Waals surface area contributed by atoms with Crippen LogP contribution >= 0.6 is 0 Å². The Balaban J connectivity index is 2.96. The number of hydrogen-bond donors (Lipinski definition) is 1. The molecule has 0 aromatic carbocycles. The molecular weight excluding hydrogens is 172 g/mol. The molecule has 1 aromatic heterocycles. The Bertz CT molecular complexity index is 282. The molecule has 1 rings (SSSR count). The Hall–Kier alpha value is -0.890. The number of nitrogens with zero attached hydrogens (tertiary/aromatic N) is 1. The molecule has 0 bridgehead atoms. The molecule has 78 valence electrons. The minimum atomic E-state index is 0.214. The van der Waals surface area contributed by atoms with Crippen LogP contribution in [0.1, 0.15) is 38.1 Å². The summed E-state index contributed by atoms with van der Waals surface area (Å²) in [5, 5.41) is 3.34. The first kappa shape index (κ1) is 11.2. The molecule has 0 fully saturated rings. The third-order valence-electron chi connectivity index (χ3n) is 2.42. The Kier molecular flexibility index (Phi) is 3.27. The number of aryl methyl sites for hydroxylation is 1. The van der Waals surface area contributed by atoms with Crippen LogP contribution in [-0.2, 0) is 0 Å². The van der Waals surface area contributed by atoms with E-state index < -0.39 is 0 Å². The van der Waals surface area contributed by atoms with Crippen molar-refractivity contribution in [3.8, 4) is 0 Å². The molecule has 0 radical (unpaired) electrons. The molecule has 1 aromatic rings. The van der Waals surface area contributed by atoms with Gasteiger partial charge in [-0.1, -0.05) is 26.8 Å². The lowest BCUT2D eigenvalue weighted by Crippen LogP contribution is -2.29. The standard InChI is InChI=1S/C12H20N2/c1-9-6-7-10(8-14-9)11(13-5)12(2,3)4/h6-8,11,13H,1-5H3/t11-/m0/s1. The summed E-state index contributed by atoms with van der Waals surface area (Å²) in [6.07, 6.45) is 1.96. The third kappa shape index (κ3) is 2.55. The van der Waals surface area contributed by atoms with Crippen LogP contribution in [0.5, 0.6) is 0 Å². The molecule has 0 aliphatic carbocycles. The fourth-order valence-corrected chi connectivity index (χ4v) is 1.75. The number of aromatic nitrogens is 1. The van der Waals surface area contributed by atoms with Crippen molar-refractivity contribution in [1.29, 1.82) is 0 Å². The largest absolute Gasteiger partial charge is 0.313 e. The predicted molar refractivity (Wildman–Crippen MR) is 60.2 cm³/mol. The topological polar surface area (TPSA) is 24.9 Å². The highest BCUT2D eigenvalue weighted by Gasteiger charge is 2.24. The second-order valence-electron chi connectivity index (χ2n) is 4.82. The van der Waals surface area contributed by atoms with Crippen LogP contribution in [0, 0.1) is 12.3 Å². The van der Waals surface area contributed by atoms with E-state index in [1.165, 1.54) is 5.56 Å². The second kappa shape index (κ2) is 4.09. The van der Waals surface area contributed by atoms with Crippen molar-refractivity contribution in [3.63, 3.8) is 0 Å². The van der Waals surface area contributed by atoms with Gasteiger partial charge in [-0.15, -0.1) is 0 Å². The maximum atomic E-state index is 4.32. The fourth-order valence-electron chi connectivity index (χ4n) is 1.75. The monoisotopic (exact) mass is 192 g/mol. The minimum Gasteiger partial charge on any atom is -0.313 e. The maximum absolute atomic E-state index is 4.32. The van der Waals surface area contributed by atoms with Crippen LogP contribution in [0.25, 0.3) is 0 Å². The van der Waals surface area contributed by atoms with E-state index in [-0.39, 0.29) is 5.41 Å². The molecule has 2 heteroatoms. The van der Waals surface area contributed by atoms with Crippen LogP contribution < -0.4 is 5.32 Å². The number of hydrogen-bond acceptors (Lipinski definition) is 2. The first-order valence-corrected chi connectivity index (χ1v) is 5.05. The highest BCUT2D eigenvalue weighted by atomic mass is 14.9. The zero-order valence-electron chi connectivity index (χ0n) is 9.76. The van der Waals surface area contributed by atoms with E-state index in [1.807, 2.05) is 20.2 Å². The van der Waals surface area contributed by atoms with Crippen LogP contribution in [0.2, 0.25) is 0 Å². The summed E-state index contributed by atoms with van der Waals surface area (Å²) in [6, 6.07) is 4.57. The van der Waals surface area contributed by atoms with Gasteiger partial charge in [-0.05, 0) is 31.0 Å². The van der Waals surface area contributed by atoms with Gasteiger partial charge in [0.05, 0.1) is 0 Å². The summed E-state index contributed by atoms with van der Waals surface area (Å²) in [7, 11) is 2.00. The van der Waals surface area contributed by atoms with Gasteiger partial charge in [0.15, 0.2) is 0 Å². The van der Waals surface area contributed by atoms with Gasteiger partial charge >= 0.3 is 0 Å². The summed E-state index contributed by atoms with van der Waals surface area (Å²) in [6.45, 7) is 8.70. The van der Waals surface area contributed by atoms with E-state index in [4.69, 9.17) is 0 Å². The van der Waals surface area contributed by atoms with Crippen LogP contribution in [-0.4, -0.2) is 12.0 Å². The Morgan fingerprint density at radius 3 is 2.29 bits per heavy atom. The van der Waals surface area contributed by atoms with Crippen molar-refractivity contribution in [2.45, 2.75) is 33.7 Å². The van der Waals surface area contributed by atoms with Gasteiger partial charge in [0.25, 0.3) is 0 Å². The van der Waals surface area contributed by atoms with Crippen molar-refractivity contribution >= 4 is 0 Å². The Morgan fingerprint density at radius 1 is 1.29 bits per heavy atom. The first-order valence-electron chi connectivity index (χ1n) is 5.05. The third-order valence-corrected chi connectivity index (χ3v) is 2.42. The van der Waals surface area contributed by atoms with Crippen molar-refractivity contribution in [3.05, 3.63) is 29.6 Å². The van der Waals surface area contributed by atoms with Gasteiger partial charge in [0.1, 0.15) is 0 Å². The highest BCUT2D eigenvalue weighted by Crippen LogP contribution is 2.31. The Labute approximate surface area is 86.8 Å². The summed E-state index contributed by atoms with van der Waals surface area (Å²) < 4.78 is 0. The normalized spacial score (nSPS) is 14.1. The molecule has 1 atom stereocenters. The number of pyridine rings is 1. The SMILES string of the molecule is CN[C@@H](c1ccc(C)nc1)C(C)(C)C. The van der Waals surface area contributed by atoms with E-state index in [0.29, 0.717) is 6.04 Å². The van der Waals surface area contributed by atoms with Crippen LogP contribution in [0.15, 0.2) is 18.3 Å². The highest BCUT2D eigenvalue weighted by molar-refractivity contribution is 5.18. The number of nitrogens with one attached hydrogen (secondary N) is 1. The Morgan fingerprint density at radius 2 is 1.93 bits per heavy atom. The van der Waals surface area contributed by atoms with Crippen molar-refractivity contribution < 1.29 is 0 Å². The average molecular weight is 192 g/mol. The molecule has 0 aliphatic heterocycles. The second-order valence-corrected chi connectivity index (χ2v) is 4.82. The van der Waals surface area contributed by atoms with Gasteiger partial charge < -0.3 is 5.32 Å². The molecule has 0 unspecified atom stereocenters. The molecule has 0 aliphatic rings. The predicted octanol–water partition coefficient (Wildman–Crippen LogP) is 2.70. The molecule has 1 N–H and O–H groups in total. The summed E-state index contributed by atoms with van der Waals surface area (Å²) in [5.74, 6) is 0. The number of rotatable bonds is 2. The average Bonchev–Trinajstić information content (AvgIpc) is 2.07. The molecule has 0 spiro atoms. The van der Waals surface area contributed by atoms with Gasteiger partial charge in [0, 0.05) is 17.9 Å². The lowest BCUT2D eigenvalue weighted by molar-refractivity contribution is 0.286. The molecular formula is C12H20N2. The van der Waals surface area contributed by atoms with Gasteiger partial charge in [-0.25, -0.2) is 0 Å². The maximum Gasteiger partial charge on any atom is 0.0382 e. The van der Waals surface area contributed by atoms with E-state index >= 15 is 0 Å². The van der Waals surface area contributed by atoms with Crippen molar-refractivity contribution in [1.82, 2.24) is 10.3 Å². The van der Waals surface area contributed by atoms with Gasteiger partial charge in [0.2, 0.25) is 0 Å². The smallest absolute Gasteiger partial charge is 0.0382 e. The van der Waals surface area contributed by atoms with E-state index in [9.17, 15) is 0 Å². The lowest BCUT2D eigenvalue weighted by Gasteiger charge is -2.30. The summed E-state index contributed by atoms with van der Waals surface area (Å²) in [5.41, 5.74) is 2.54. The van der Waals surface area contributed by atoms with E-state index in [0.717, 1.165) is 5.69 Å². The van der Waals surface area contributed by atoms with Gasteiger partial charge in [-0.2, -0.15) is 0 Å². The molecule has 0 saturated heterocycles. The molecule has 0 saturated carbocycles. The first-order chi connectivity index (χ1) is 6.45. The van der Waals surface area contributed by atoms with Crippen molar-refractivity contribution in [2.75, 3.05) is 7.05 Å². The zero-order chi connectivity index (χ0) is 10.8.